The van der Waals surface area contributed by atoms with Crippen LogP contribution in [0.3, 0.4) is 0 Å². The third-order valence-electron chi connectivity index (χ3n) is 4.20. The average Bonchev–Trinajstić information content (AvgIpc) is 2.80. The van der Waals surface area contributed by atoms with Crippen LogP contribution in [0.15, 0.2) is 37.6 Å². The van der Waals surface area contributed by atoms with Gasteiger partial charge < -0.3 is 29.0 Å². The highest BCUT2D eigenvalue weighted by molar-refractivity contribution is 7.48. The van der Waals surface area contributed by atoms with E-state index in [4.69, 9.17) is 72.1 Å². The van der Waals surface area contributed by atoms with Crippen LogP contribution in [0.25, 0.3) is 0 Å². The van der Waals surface area contributed by atoms with E-state index in [0.29, 0.717) is 0 Å². The van der Waals surface area contributed by atoms with Gasteiger partial charge in [-0.25, -0.2) is 9.36 Å². The second-order valence-electron chi connectivity index (χ2n) is 6.85. The molecule has 0 aromatic heterocycles. The van der Waals surface area contributed by atoms with Gasteiger partial charge in [-0.2, -0.15) is 0 Å². The fourth-order valence-electron chi connectivity index (χ4n) is 2.90. The van der Waals surface area contributed by atoms with Gasteiger partial charge in [-0.05, 0) is 6.92 Å². The summed E-state index contributed by atoms with van der Waals surface area (Å²) in [7, 11) is -1.39. The zero-order valence-electron chi connectivity index (χ0n) is 19.6. The molecule has 0 bridgehead atoms. The number of carbonyl (C=O) groups is 1. The first kappa shape index (κ1) is 32.2. The van der Waals surface area contributed by atoms with Gasteiger partial charge in [0, 0.05) is 14.2 Å². The molecule has 0 aliphatic carbocycles. The number of hydrogen-bond acceptors (Lipinski definition) is 10. The number of allylic oxidation sites excluding steroid dienone is 1. The Labute approximate surface area is 220 Å². The van der Waals surface area contributed by atoms with Gasteiger partial charge in [0.25, 0.3) is 0 Å². The van der Waals surface area contributed by atoms with E-state index in [1.807, 2.05) is 0 Å². The van der Waals surface area contributed by atoms with Gasteiger partial charge in [-0.15, -0.1) is 13.2 Å². The maximum absolute atomic E-state index is 13.3. The molecule has 1 aliphatic rings. The largest absolute Gasteiger partial charge is 0.475 e. The third kappa shape index (κ3) is 11.4. The molecule has 1 heterocycles. The lowest BCUT2D eigenvalue weighted by molar-refractivity contribution is -0.257. The number of ether oxygens (including phenoxy) is 5. The first-order valence-electron chi connectivity index (χ1n) is 10.3. The summed E-state index contributed by atoms with van der Waals surface area (Å²) in [5.41, 5.74) is 0. The molecule has 1 fully saturated rings. The lowest BCUT2D eigenvalue weighted by atomic mass is 9.97. The van der Waals surface area contributed by atoms with E-state index in [1.165, 1.54) is 32.6 Å². The van der Waals surface area contributed by atoms with Crippen molar-refractivity contribution in [1.82, 2.24) is 5.32 Å². The van der Waals surface area contributed by atoms with Crippen LogP contribution < -0.4 is 5.32 Å². The zero-order chi connectivity index (χ0) is 26.5. The Kier molecular flexibility index (Phi) is 14.8. The number of alkyl carbamates (subject to hydrolysis) is 1. The predicted octanol–water partition coefficient (Wildman–Crippen LogP) is 4.29. The lowest BCUT2D eigenvalue weighted by Gasteiger charge is -2.45. The molecule has 1 N–H and O–H groups in total. The number of carbonyl (C=O) groups excluding carboxylic acids is 1. The highest BCUT2D eigenvalue weighted by Crippen LogP contribution is 2.52. The molecule has 35 heavy (non-hydrogen) atoms. The molecular weight excluding hydrogens is 552 g/mol. The van der Waals surface area contributed by atoms with E-state index >= 15 is 0 Å². The summed E-state index contributed by atoms with van der Waals surface area (Å²) in [6.07, 6.45) is 0.610. The number of methoxy groups -OCH3 is 2. The van der Waals surface area contributed by atoms with E-state index < -0.39 is 55.0 Å². The molecule has 0 spiro atoms. The van der Waals surface area contributed by atoms with E-state index in [-0.39, 0.29) is 19.8 Å². The topological polar surface area (TPSA) is 120 Å². The van der Waals surface area contributed by atoms with Gasteiger partial charge >= 0.3 is 13.9 Å². The van der Waals surface area contributed by atoms with Crippen molar-refractivity contribution in [3.8, 4) is 0 Å². The fourth-order valence-corrected chi connectivity index (χ4v) is 4.39. The first-order valence-corrected chi connectivity index (χ1v) is 12.9. The quantitative estimate of drug-likeness (QED) is 0.130. The van der Waals surface area contributed by atoms with Crippen LogP contribution in [0.4, 0.5) is 4.79 Å². The number of alkyl halides is 3. The number of phosphoric ester groups is 1. The smallest absolute Gasteiger partial charge is 0.471 e. The molecule has 1 amide bonds. The van der Waals surface area contributed by atoms with Crippen LogP contribution in [-0.4, -0.2) is 81.2 Å². The molecule has 0 aromatic carbocycles. The number of hydrogen-bond donors (Lipinski definition) is 1. The maximum atomic E-state index is 13.3. The van der Waals surface area contributed by atoms with Crippen molar-refractivity contribution in [1.29, 1.82) is 0 Å². The molecule has 0 aromatic rings. The number of amides is 1. The monoisotopic (exact) mass is 581 g/mol. The number of rotatable bonds is 15. The lowest BCUT2D eigenvalue weighted by Crippen LogP contribution is -2.65. The first-order chi connectivity index (χ1) is 16.5. The van der Waals surface area contributed by atoms with Crippen LogP contribution in [0, 0.1) is 0 Å². The molecule has 5 atom stereocenters. The second-order valence-corrected chi connectivity index (χ2v) is 11.0. The van der Waals surface area contributed by atoms with Crippen molar-refractivity contribution >= 4 is 48.7 Å². The summed E-state index contributed by atoms with van der Waals surface area (Å²) in [4.78, 5) is 12.4. The highest BCUT2D eigenvalue weighted by Gasteiger charge is 2.52. The van der Waals surface area contributed by atoms with E-state index in [9.17, 15) is 9.36 Å². The molecule has 4 unspecified atom stereocenters. The van der Waals surface area contributed by atoms with Crippen LogP contribution in [-0.2, 0) is 41.8 Å². The normalized spacial score (nSPS) is 25.3. The molecule has 1 saturated heterocycles. The molecule has 1 aliphatic heterocycles. The minimum absolute atomic E-state index is 0.0203. The van der Waals surface area contributed by atoms with Gasteiger partial charge in [0.05, 0.1) is 26.1 Å². The Morgan fingerprint density at radius 2 is 1.77 bits per heavy atom. The molecule has 11 nitrogen and oxygen atoms in total. The minimum Gasteiger partial charge on any atom is -0.471 e. The minimum atomic E-state index is -4.18. The number of phosphoric acid groups is 1. The Bertz CT molecular complexity index is 735. The van der Waals surface area contributed by atoms with Gasteiger partial charge in [0.15, 0.2) is 0 Å². The van der Waals surface area contributed by atoms with E-state index in [2.05, 4.69) is 18.5 Å². The van der Waals surface area contributed by atoms with Crippen molar-refractivity contribution < 1.29 is 46.6 Å². The molecule has 1 rings (SSSR count). The molecular formula is C20H31Cl3NO10P. The Morgan fingerprint density at radius 1 is 1.14 bits per heavy atom. The van der Waals surface area contributed by atoms with Crippen molar-refractivity contribution in [2.24, 2.45) is 0 Å². The van der Waals surface area contributed by atoms with Crippen molar-refractivity contribution in [2.45, 2.75) is 41.4 Å². The van der Waals surface area contributed by atoms with Crippen molar-refractivity contribution in [3.63, 3.8) is 0 Å². The zero-order valence-corrected chi connectivity index (χ0v) is 22.8. The summed E-state index contributed by atoms with van der Waals surface area (Å²) in [6.45, 7) is 7.96. The maximum Gasteiger partial charge on any atom is 0.475 e. The number of nitrogens with one attached hydrogen (secondary N) is 1. The molecule has 0 saturated carbocycles. The van der Waals surface area contributed by atoms with Crippen LogP contribution in [0.1, 0.15) is 6.92 Å². The predicted molar refractivity (Wildman–Crippen MR) is 131 cm³/mol. The standard InChI is InChI=1S/C20H31Cl3NO10P/c1-6-9-29-18-15(24-19(25)30-13-20(21,22)23)17(28-5)16(14(33-18)12-27-4)34-35(26,31-10-7-2)32-11-8-3/h6-9,14-18H,2-3,10-13H2,1,4-5H3,(H,24,25)/b9-6-/t14-,15?,16?,17?,18?/m1/s1. The van der Waals surface area contributed by atoms with Crippen LogP contribution in [0.2, 0.25) is 0 Å². The summed E-state index contributed by atoms with van der Waals surface area (Å²) in [5.74, 6) is 0. The third-order valence-corrected chi connectivity index (χ3v) is 5.96. The van der Waals surface area contributed by atoms with Gasteiger partial charge in [-0.1, -0.05) is 53.0 Å². The molecule has 202 valence electrons. The van der Waals surface area contributed by atoms with Crippen molar-refractivity contribution in [2.75, 3.05) is 40.6 Å². The van der Waals surface area contributed by atoms with Gasteiger partial charge in [0.2, 0.25) is 10.1 Å². The van der Waals surface area contributed by atoms with E-state index in [0.717, 1.165) is 0 Å². The Balaban J connectivity index is 3.29. The number of halogens is 3. The van der Waals surface area contributed by atoms with Gasteiger partial charge in [-0.3, -0.25) is 13.6 Å². The summed E-state index contributed by atoms with van der Waals surface area (Å²) in [5, 5.41) is 2.55. The average molecular weight is 583 g/mol. The summed E-state index contributed by atoms with van der Waals surface area (Å²) >= 11 is 16.9. The highest BCUT2D eigenvalue weighted by atomic mass is 35.6. The van der Waals surface area contributed by atoms with Crippen LogP contribution >= 0.6 is 42.6 Å². The Morgan fingerprint density at radius 3 is 2.26 bits per heavy atom. The Hall–Kier alpha value is -0.850. The summed E-state index contributed by atoms with van der Waals surface area (Å²) in [6, 6.07) is -1.05. The second kappa shape index (κ2) is 16.1. The summed E-state index contributed by atoms with van der Waals surface area (Å²) < 4.78 is 55.2. The fraction of sp³-hybridized carbons (Fsp3) is 0.650. The molecule has 15 heteroatoms. The van der Waals surface area contributed by atoms with E-state index in [1.54, 1.807) is 13.0 Å². The van der Waals surface area contributed by atoms with Crippen molar-refractivity contribution in [3.05, 3.63) is 37.6 Å². The SMILES string of the molecule is C=CCOP(=O)(OCC=C)OC1C(OC)C(NC(=O)OCC(Cl)(Cl)Cl)C(O/C=C\C)O[C@@H]1COC. The van der Waals surface area contributed by atoms with Gasteiger partial charge in [0.1, 0.15) is 31.0 Å². The molecule has 0 radical (unpaired) electrons. The van der Waals surface area contributed by atoms with Crippen LogP contribution in [0.5, 0.6) is 0 Å².